The van der Waals surface area contributed by atoms with E-state index in [0.29, 0.717) is 12.8 Å². The van der Waals surface area contributed by atoms with Crippen molar-refractivity contribution in [1.29, 1.82) is 0 Å². The van der Waals surface area contributed by atoms with Gasteiger partial charge in [-0.25, -0.2) is 19.2 Å². The van der Waals surface area contributed by atoms with Gasteiger partial charge in [-0.1, -0.05) is 0 Å². The number of esters is 1. The maximum atomic E-state index is 10.7. The monoisotopic (exact) mass is 428 g/mol. The summed E-state index contributed by atoms with van der Waals surface area (Å²) in [5.41, 5.74) is 0. The molecule has 0 atom stereocenters. The van der Waals surface area contributed by atoms with Crippen LogP contribution in [0, 0.1) is 0 Å². The molecule has 0 aromatic carbocycles. The van der Waals surface area contributed by atoms with Gasteiger partial charge in [-0.2, -0.15) is 0 Å². The zero-order valence-electron chi connectivity index (χ0n) is 17.2. The molecule has 0 aromatic rings. The molecule has 0 saturated carbocycles. The van der Waals surface area contributed by atoms with Crippen LogP contribution in [0.1, 0.15) is 12.8 Å². The third-order valence-electron chi connectivity index (χ3n) is 2.26. The fourth-order valence-corrected chi connectivity index (χ4v) is 1.07. The van der Waals surface area contributed by atoms with Crippen molar-refractivity contribution in [3.63, 3.8) is 0 Å². The number of methoxy groups -OCH3 is 2. The van der Waals surface area contributed by atoms with Gasteiger partial charge in [-0.05, 0) is 0 Å². The number of rotatable bonds is 11. The molecule has 2 amide bonds. The predicted molar refractivity (Wildman–Crippen MR) is 99.5 cm³/mol. The summed E-state index contributed by atoms with van der Waals surface area (Å²) in [6.45, 7) is 0.503. The highest BCUT2D eigenvalue weighted by atomic mass is 16.6. The van der Waals surface area contributed by atoms with Gasteiger partial charge in [-0.15, -0.1) is 0 Å². The molecule has 0 radical (unpaired) electrons. The first-order chi connectivity index (χ1) is 13.8. The summed E-state index contributed by atoms with van der Waals surface area (Å²) in [7, 11) is 5.71. The Morgan fingerprint density at radius 2 is 1.21 bits per heavy atom. The minimum absolute atomic E-state index is 0.0526. The topological polar surface area (TPSA) is 179 Å². The zero-order chi connectivity index (χ0) is 22.9. The number of aliphatic carboxylic acids is 1. The molecular formula is C16H32N2O11. The average Bonchev–Trinajstić information content (AvgIpc) is 2.68. The lowest BCUT2D eigenvalue weighted by molar-refractivity contribution is -0.148. The molecule has 0 unspecified atom stereocenters. The van der Waals surface area contributed by atoms with E-state index in [9.17, 15) is 19.2 Å². The Bertz CT molecular complexity index is 433. The molecule has 0 heterocycles. The second-order valence-corrected chi connectivity index (χ2v) is 4.68. The minimum atomic E-state index is -0.933. The van der Waals surface area contributed by atoms with Gasteiger partial charge in [-0.3, -0.25) is 0 Å². The van der Waals surface area contributed by atoms with Crippen molar-refractivity contribution in [1.82, 2.24) is 10.6 Å². The van der Waals surface area contributed by atoms with Crippen LogP contribution in [-0.4, -0.2) is 102 Å². The minimum Gasteiger partial charge on any atom is -0.480 e. The van der Waals surface area contributed by atoms with Crippen molar-refractivity contribution < 1.29 is 53.1 Å². The SMILES string of the molecule is CNC(=O)OCCCO.CNC(=O)OCCCOC(=O)COC.COCC(=O)O. The van der Waals surface area contributed by atoms with E-state index in [0.717, 1.165) is 0 Å². The fourth-order valence-electron chi connectivity index (χ4n) is 1.07. The molecule has 172 valence electrons. The van der Waals surface area contributed by atoms with Crippen LogP contribution in [0.25, 0.3) is 0 Å². The Hall–Kier alpha value is -2.64. The van der Waals surface area contributed by atoms with Gasteiger partial charge in [0.15, 0.2) is 0 Å². The van der Waals surface area contributed by atoms with Crippen molar-refractivity contribution in [2.45, 2.75) is 12.8 Å². The quantitative estimate of drug-likeness (QED) is 0.187. The van der Waals surface area contributed by atoms with E-state index >= 15 is 0 Å². The van der Waals surface area contributed by atoms with Gasteiger partial charge in [0, 0.05) is 47.8 Å². The number of carboxylic acid groups (broad SMARTS) is 1. The molecule has 0 bridgehead atoms. The standard InChI is InChI=1S/C8H15NO5.C5H11NO3.C3H6O3/c1-9-8(11)14-5-3-4-13-7(10)6-12-2;1-6-5(8)9-4-2-3-7;1-6-2-3(4)5/h3-6H2,1-2H3,(H,9,11);7H,2-4H2,1H3,(H,6,8);2H2,1H3,(H,4,5). The van der Waals surface area contributed by atoms with Crippen LogP contribution in [0.4, 0.5) is 9.59 Å². The van der Waals surface area contributed by atoms with E-state index in [-0.39, 0.29) is 39.6 Å². The number of aliphatic hydroxyl groups is 1. The van der Waals surface area contributed by atoms with Gasteiger partial charge in [0.25, 0.3) is 0 Å². The van der Waals surface area contributed by atoms with Gasteiger partial charge < -0.3 is 44.5 Å². The first-order valence-corrected chi connectivity index (χ1v) is 8.44. The van der Waals surface area contributed by atoms with E-state index in [1.54, 1.807) is 0 Å². The highest BCUT2D eigenvalue weighted by Crippen LogP contribution is 1.87. The third kappa shape index (κ3) is 33.4. The molecule has 0 aromatic heterocycles. The molecule has 0 fully saturated rings. The Labute approximate surface area is 169 Å². The van der Waals surface area contributed by atoms with E-state index < -0.39 is 24.1 Å². The lowest BCUT2D eigenvalue weighted by Gasteiger charge is -2.04. The number of alkyl carbamates (subject to hydrolysis) is 2. The van der Waals surface area contributed by atoms with Gasteiger partial charge in [0.2, 0.25) is 0 Å². The van der Waals surface area contributed by atoms with Gasteiger partial charge in [0.05, 0.1) is 19.8 Å². The maximum absolute atomic E-state index is 10.7. The van der Waals surface area contributed by atoms with E-state index in [1.165, 1.54) is 28.3 Å². The first kappa shape index (κ1) is 31.1. The molecule has 0 spiro atoms. The average molecular weight is 428 g/mol. The van der Waals surface area contributed by atoms with Crippen LogP contribution in [-0.2, 0) is 33.3 Å². The van der Waals surface area contributed by atoms with Crippen molar-refractivity contribution in [2.24, 2.45) is 0 Å². The molecule has 0 aliphatic heterocycles. The van der Waals surface area contributed by atoms with Crippen LogP contribution >= 0.6 is 0 Å². The number of carboxylic acids is 1. The van der Waals surface area contributed by atoms with Gasteiger partial charge >= 0.3 is 24.1 Å². The predicted octanol–water partition coefficient (Wildman–Crippen LogP) is -0.636. The highest BCUT2D eigenvalue weighted by molar-refractivity contribution is 5.70. The van der Waals surface area contributed by atoms with E-state index in [1.807, 2.05) is 0 Å². The second kappa shape index (κ2) is 25.4. The van der Waals surface area contributed by atoms with Crippen molar-refractivity contribution in [3.05, 3.63) is 0 Å². The van der Waals surface area contributed by atoms with Crippen molar-refractivity contribution >= 4 is 24.1 Å². The Morgan fingerprint density at radius 1 is 0.759 bits per heavy atom. The fraction of sp³-hybridized carbons (Fsp3) is 0.750. The third-order valence-corrected chi connectivity index (χ3v) is 2.26. The number of carbonyl (C=O) groups excluding carboxylic acids is 3. The number of ether oxygens (including phenoxy) is 5. The number of hydrogen-bond acceptors (Lipinski definition) is 10. The molecule has 0 saturated heterocycles. The van der Waals surface area contributed by atoms with Crippen LogP contribution in [0.5, 0.6) is 0 Å². The summed E-state index contributed by atoms with van der Waals surface area (Å²) in [6.07, 6.45) is 0.0210. The van der Waals surface area contributed by atoms with Crippen LogP contribution in [0.2, 0.25) is 0 Å². The Balaban J connectivity index is -0.000000386. The normalized spacial score (nSPS) is 8.86. The lowest BCUT2D eigenvalue weighted by atomic mass is 10.5. The summed E-state index contributed by atoms with van der Waals surface area (Å²) in [6, 6.07) is 0. The summed E-state index contributed by atoms with van der Waals surface area (Å²) in [5.74, 6) is -1.36. The van der Waals surface area contributed by atoms with Crippen molar-refractivity contribution in [2.75, 3.05) is 68.0 Å². The van der Waals surface area contributed by atoms with Gasteiger partial charge in [0.1, 0.15) is 13.2 Å². The number of nitrogens with one attached hydrogen (secondary N) is 2. The molecule has 0 aliphatic rings. The number of hydrogen-bond donors (Lipinski definition) is 4. The van der Waals surface area contributed by atoms with Crippen LogP contribution < -0.4 is 10.6 Å². The Morgan fingerprint density at radius 3 is 1.55 bits per heavy atom. The second-order valence-electron chi connectivity index (χ2n) is 4.68. The number of carbonyl (C=O) groups is 4. The maximum Gasteiger partial charge on any atom is 0.406 e. The molecule has 4 N–H and O–H groups in total. The van der Waals surface area contributed by atoms with Crippen LogP contribution in [0.15, 0.2) is 0 Å². The van der Waals surface area contributed by atoms with Crippen LogP contribution in [0.3, 0.4) is 0 Å². The molecular weight excluding hydrogens is 396 g/mol. The first-order valence-electron chi connectivity index (χ1n) is 8.44. The molecule has 13 heteroatoms. The highest BCUT2D eigenvalue weighted by Gasteiger charge is 2.01. The number of aliphatic hydroxyl groups excluding tert-OH is 1. The molecule has 0 aliphatic carbocycles. The summed E-state index contributed by atoms with van der Waals surface area (Å²) >= 11 is 0. The van der Waals surface area contributed by atoms with E-state index in [2.05, 4.69) is 29.6 Å². The molecule has 13 nitrogen and oxygen atoms in total. The molecule has 0 rings (SSSR count). The molecule has 29 heavy (non-hydrogen) atoms. The summed E-state index contributed by atoms with van der Waals surface area (Å²) in [4.78, 5) is 41.0. The smallest absolute Gasteiger partial charge is 0.406 e. The lowest BCUT2D eigenvalue weighted by Crippen LogP contribution is -2.20. The van der Waals surface area contributed by atoms with Crippen molar-refractivity contribution in [3.8, 4) is 0 Å². The van der Waals surface area contributed by atoms with E-state index in [4.69, 9.17) is 14.9 Å². The number of amides is 2. The summed E-state index contributed by atoms with van der Waals surface area (Å²) in [5, 5.41) is 20.6. The zero-order valence-corrected chi connectivity index (χ0v) is 17.2. The Kier molecular flexibility index (Phi) is 27.2. The summed E-state index contributed by atoms with van der Waals surface area (Å²) < 4.78 is 22.7. The largest absolute Gasteiger partial charge is 0.480 e.